The fourth-order valence-corrected chi connectivity index (χ4v) is 1.76. The van der Waals surface area contributed by atoms with Crippen LogP contribution in [0.4, 0.5) is 0 Å². The zero-order chi connectivity index (χ0) is 11.4. The van der Waals surface area contributed by atoms with Crippen LogP contribution < -0.4 is 5.32 Å². The van der Waals surface area contributed by atoms with Gasteiger partial charge in [-0.1, -0.05) is 58.4 Å². The van der Waals surface area contributed by atoms with Crippen molar-refractivity contribution in [3.63, 3.8) is 0 Å². The van der Waals surface area contributed by atoms with Gasteiger partial charge in [-0.3, -0.25) is 0 Å². The highest BCUT2D eigenvalue weighted by Crippen LogP contribution is 2.05. The minimum Gasteiger partial charge on any atom is -0.389 e. The van der Waals surface area contributed by atoms with Gasteiger partial charge in [0.1, 0.15) is 0 Å². The highest BCUT2D eigenvalue weighted by atomic mass is 14.9. The molecule has 0 unspecified atom stereocenters. The van der Waals surface area contributed by atoms with Crippen LogP contribution in [0.3, 0.4) is 0 Å². The van der Waals surface area contributed by atoms with Crippen molar-refractivity contribution >= 4 is 0 Å². The Kier molecular flexibility index (Phi) is 11.3. The van der Waals surface area contributed by atoms with Crippen LogP contribution in [0.5, 0.6) is 0 Å². The molecule has 0 bridgehead atoms. The van der Waals surface area contributed by atoms with Crippen molar-refractivity contribution in [3.05, 3.63) is 11.8 Å². The van der Waals surface area contributed by atoms with E-state index in [0.717, 1.165) is 6.54 Å². The summed E-state index contributed by atoms with van der Waals surface area (Å²) in [6.07, 6.45) is 12.9. The zero-order valence-corrected chi connectivity index (χ0v) is 10.9. The van der Waals surface area contributed by atoms with E-state index in [1.807, 2.05) is 0 Å². The molecule has 0 aliphatic carbocycles. The summed E-state index contributed by atoms with van der Waals surface area (Å²) in [6, 6.07) is 0. The Labute approximate surface area is 96.3 Å². The van der Waals surface area contributed by atoms with E-state index in [-0.39, 0.29) is 0 Å². The van der Waals surface area contributed by atoms with Gasteiger partial charge in [-0.15, -0.1) is 0 Å². The van der Waals surface area contributed by atoms with Crippen LogP contribution in [0.15, 0.2) is 11.8 Å². The summed E-state index contributed by atoms with van der Waals surface area (Å²) in [5, 5.41) is 3.52. The molecule has 1 heteroatoms. The minimum absolute atomic E-state index is 1.16. The molecule has 1 nitrogen and oxygen atoms in total. The molecular weight excluding hydrogens is 182 g/mol. The summed E-state index contributed by atoms with van der Waals surface area (Å²) in [4.78, 5) is 0. The number of hydrogen-bond donors (Lipinski definition) is 1. The number of unbranched alkanes of at least 4 members (excludes halogenated alkanes) is 5. The van der Waals surface area contributed by atoms with E-state index in [4.69, 9.17) is 0 Å². The Morgan fingerprint density at radius 1 is 0.933 bits per heavy atom. The molecule has 1 N–H and O–H groups in total. The van der Waals surface area contributed by atoms with Gasteiger partial charge in [0.15, 0.2) is 0 Å². The molecule has 0 saturated carbocycles. The summed E-state index contributed by atoms with van der Waals surface area (Å²) in [6.45, 7) is 7.78. The zero-order valence-electron chi connectivity index (χ0n) is 10.9. The summed E-state index contributed by atoms with van der Waals surface area (Å²) in [7, 11) is 0. The van der Waals surface area contributed by atoms with Gasteiger partial charge in [-0.05, 0) is 19.8 Å². The van der Waals surface area contributed by atoms with Gasteiger partial charge in [0.05, 0.1) is 0 Å². The first-order valence-corrected chi connectivity index (χ1v) is 6.74. The van der Waals surface area contributed by atoms with E-state index in [1.165, 1.54) is 57.1 Å². The molecule has 90 valence electrons. The molecule has 0 spiro atoms. The van der Waals surface area contributed by atoms with Crippen molar-refractivity contribution < 1.29 is 0 Å². The van der Waals surface area contributed by atoms with Crippen molar-refractivity contribution in [1.82, 2.24) is 5.32 Å². The van der Waals surface area contributed by atoms with Gasteiger partial charge in [0, 0.05) is 12.2 Å². The first-order chi connectivity index (χ1) is 7.35. The van der Waals surface area contributed by atoms with Gasteiger partial charge in [-0.2, -0.15) is 0 Å². The fourth-order valence-electron chi connectivity index (χ4n) is 1.76. The van der Waals surface area contributed by atoms with E-state index < -0.39 is 0 Å². The molecule has 0 rings (SSSR count). The standard InChI is InChI=1S/C14H29N/c1-4-7-8-9-10-11-13-15-14(6-3)12-5-2/h6,15H,4-5,7-13H2,1-3H3/b14-6-. The van der Waals surface area contributed by atoms with E-state index in [2.05, 4.69) is 32.2 Å². The third-order valence-electron chi connectivity index (χ3n) is 2.75. The second kappa shape index (κ2) is 11.6. The maximum absolute atomic E-state index is 3.52. The Bertz CT molecular complexity index is 149. The highest BCUT2D eigenvalue weighted by Gasteiger charge is 1.93. The normalized spacial score (nSPS) is 11.8. The van der Waals surface area contributed by atoms with E-state index >= 15 is 0 Å². The molecule has 0 amide bonds. The molecule has 0 atom stereocenters. The second-order valence-corrected chi connectivity index (χ2v) is 4.26. The van der Waals surface area contributed by atoms with Crippen LogP contribution in [0, 0.1) is 0 Å². The van der Waals surface area contributed by atoms with Crippen LogP contribution in [-0.4, -0.2) is 6.54 Å². The molecule has 0 fully saturated rings. The second-order valence-electron chi connectivity index (χ2n) is 4.26. The molecule has 0 radical (unpaired) electrons. The third kappa shape index (κ3) is 9.84. The van der Waals surface area contributed by atoms with Crippen molar-refractivity contribution in [2.75, 3.05) is 6.54 Å². The van der Waals surface area contributed by atoms with Gasteiger partial charge < -0.3 is 5.32 Å². The number of hydrogen-bond acceptors (Lipinski definition) is 1. The lowest BCUT2D eigenvalue weighted by Gasteiger charge is -2.09. The van der Waals surface area contributed by atoms with Crippen molar-refractivity contribution in [1.29, 1.82) is 0 Å². The van der Waals surface area contributed by atoms with Crippen LogP contribution in [0.2, 0.25) is 0 Å². The first-order valence-electron chi connectivity index (χ1n) is 6.74. The molecule has 0 saturated heterocycles. The van der Waals surface area contributed by atoms with Crippen LogP contribution in [0.25, 0.3) is 0 Å². The molecule has 0 aromatic carbocycles. The van der Waals surface area contributed by atoms with E-state index in [1.54, 1.807) is 0 Å². The van der Waals surface area contributed by atoms with Crippen molar-refractivity contribution in [2.24, 2.45) is 0 Å². The van der Waals surface area contributed by atoms with Crippen LogP contribution in [-0.2, 0) is 0 Å². The molecular formula is C14H29N. The van der Waals surface area contributed by atoms with Gasteiger partial charge in [0.25, 0.3) is 0 Å². The smallest absolute Gasteiger partial charge is 0.0143 e. The molecule has 0 aliphatic rings. The predicted octanol–water partition coefficient (Wildman–Crippen LogP) is 4.64. The largest absolute Gasteiger partial charge is 0.389 e. The van der Waals surface area contributed by atoms with Gasteiger partial charge >= 0.3 is 0 Å². The molecule has 0 heterocycles. The van der Waals surface area contributed by atoms with Gasteiger partial charge in [-0.25, -0.2) is 0 Å². The first kappa shape index (κ1) is 14.5. The quantitative estimate of drug-likeness (QED) is 0.519. The fraction of sp³-hybridized carbons (Fsp3) is 0.857. The summed E-state index contributed by atoms with van der Waals surface area (Å²) >= 11 is 0. The lowest BCUT2D eigenvalue weighted by Crippen LogP contribution is -2.14. The summed E-state index contributed by atoms with van der Waals surface area (Å²) in [5.41, 5.74) is 1.42. The number of nitrogens with one attached hydrogen (secondary N) is 1. The van der Waals surface area contributed by atoms with E-state index in [9.17, 15) is 0 Å². The Morgan fingerprint density at radius 2 is 1.60 bits per heavy atom. The van der Waals surface area contributed by atoms with Crippen LogP contribution in [0.1, 0.15) is 72.1 Å². The van der Waals surface area contributed by atoms with Crippen molar-refractivity contribution in [2.45, 2.75) is 72.1 Å². The molecule has 0 aromatic rings. The average Bonchev–Trinajstić information content (AvgIpc) is 2.26. The molecule has 0 aliphatic heterocycles. The number of rotatable bonds is 10. The lowest BCUT2D eigenvalue weighted by atomic mass is 10.1. The molecule has 15 heavy (non-hydrogen) atoms. The highest BCUT2D eigenvalue weighted by molar-refractivity contribution is 4.96. The van der Waals surface area contributed by atoms with Gasteiger partial charge in [0.2, 0.25) is 0 Å². The minimum atomic E-state index is 1.16. The maximum Gasteiger partial charge on any atom is 0.0143 e. The Morgan fingerprint density at radius 3 is 2.20 bits per heavy atom. The Balaban J connectivity index is 3.22. The predicted molar refractivity (Wildman–Crippen MR) is 70.0 cm³/mol. The topological polar surface area (TPSA) is 12.0 Å². The summed E-state index contributed by atoms with van der Waals surface area (Å²) < 4.78 is 0. The summed E-state index contributed by atoms with van der Waals surface area (Å²) in [5.74, 6) is 0. The third-order valence-corrected chi connectivity index (χ3v) is 2.75. The molecule has 0 aromatic heterocycles. The lowest BCUT2D eigenvalue weighted by molar-refractivity contribution is 0.587. The monoisotopic (exact) mass is 211 g/mol. The Hall–Kier alpha value is -0.460. The number of allylic oxidation sites excluding steroid dienone is 2. The SMILES string of the molecule is C/C=C(/CCC)NCCCCCCCC. The van der Waals surface area contributed by atoms with E-state index in [0.29, 0.717) is 0 Å². The maximum atomic E-state index is 3.52. The van der Waals surface area contributed by atoms with Crippen LogP contribution >= 0.6 is 0 Å². The average molecular weight is 211 g/mol. The van der Waals surface area contributed by atoms with Crippen molar-refractivity contribution in [3.8, 4) is 0 Å².